The van der Waals surface area contributed by atoms with Gasteiger partial charge in [0.1, 0.15) is 24.7 Å². The SMILES string of the molecule is COc1ccc([C@@H]2CC(=O)C3=C(C2)NC(C)=C(C(=O)OCCOc2ccccc2)[C@H]3c2ccc(OC(C)=O)c(OC)c2)cc1. The van der Waals surface area contributed by atoms with Gasteiger partial charge >= 0.3 is 11.9 Å². The van der Waals surface area contributed by atoms with Crippen LogP contribution >= 0.6 is 0 Å². The lowest BCUT2D eigenvalue weighted by Crippen LogP contribution is -2.36. The van der Waals surface area contributed by atoms with Crippen molar-refractivity contribution >= 4 is 17.7 Å². The Kier molecular flexibility index (Phi) is 9.33. The van der Waals surface area contributed by atoms with Crippen LogP contribution in [0.3, 0.4) is 0 Å². The van der Waals surface area contributed by atoms with Crippen LogP contribution in [0.4, 0.5) is 0 Å². The molecule has 0 spiro atoms. The van der Waals surface area contributed by atoms with Gasteiger partial charge in [-0.2, -0.15) is 0 Å². The summed E-state index contributed by atoms with van der Waals surface area (Å²) in [5.74, 6) is 0.0699. The molecular formula is C35H35NO8. The van der Waals surface area contributed by atoms with Crippen LogP contribution in [0, 0.1) is 0 Å². The van der Waals surface area contributed by atoms with E-state index >= 15 is 0 Å². The van der Waals surface area contributed by atoms with Crippen LogP contribution in [0.15, 0.2) is 95.3 Å². The number of ketones is 1. The first-order chi connectivity index (χ1) is 21.3. The predicted molar refractivity (Wildman–Crippen MR) is 163 cm³/mol. The number of ether oxygens (including phenoxy) is 5. The minimum absolute atomic E-state index is 0.0192. The number of hydrogen-bond donors (Lipinski definition) is 1. The first kappa shape index (κ1) is 30.4. The van der Waals surface area contributed by atoms with Gasteiger partial charge in [0.25, 0.3) is 0 Å². The molecule has 228 valence electrons. The number of allylic oxidation sites excluding steroid dienone is 3. The second kappa shape index (κ2) is 13.5. The van der Waals surface area contributed by atoms with E-state index in [1.165, 1.54) is 14.0 Å². The number of para-hydroxylation sites is 1. The molecule has 0 bridgehead atoms. The predicted octanol–water partition coefficient (Wildman–Crippen LogP) is 5.61. The fourth-order valence-electron chi connectivity index (χ4n) is 5.75. The van der Waals surface area contributed by atoms with Crippen molar-refractivity contribution in [1.29, 1.82) is 0 Å². The van der Waals surface area contributed by atoms with E-state index in [9.17, 15) is 14.4 Å². The van der Waals surface area contributed by atoms with Gasteiger partial charge in [-0.1, -0.05) is 36.4 Å². The van der Waals surface area contributed by atoms with Crippen LogP contribution < -0.4 is 24.3 Å². The summed E-state index contributed by atoms with van der Waals surface area (Å²) in [4.78, 5) is 39.3. The van der Waals surface area contributed by atoms with Crippen molar-refractivity contribution in [3.63, 3.8) is 0 Å². The molecule has 5 rings (SSSR count). The van der Waals surface area contributed by atoms with Gasteiger partial charge in [-0.05, 0) is 66.8 Å². The van der Waals surface area contributed by atoms with Crippen LogP contribution in [0.1, 0.15) is 49.7 Å². The molecule has 2 aliphatic rings. The van der Waals surface area contributed by atoms with Gasteiger partial charge in [0, 0.05) is 36.2 Å². The molecule has 44 heavy (non-hydrogen) atoms. The van der Waals surface area contributed by atoms with Crippen molar-refractivity contribution in [2.24, 2.45) is 0 Å². The molecule has 2 atom stereocenters. The van der Waals surface area contributed by atoms with Crippen LogP contribution in [0.2, 0.25) is 0 Å². The summed E-state index contributed by atoms with van der Waals surface area (Å²) in [6.45, 7) is 3.30. The van der Waals surface area contributed by atoms with E-state index in [0.717, 1.165) is 17.0 Å². The molecule has 0 amide bonds. The lowest BCUT2D eigenvalue weighted by Gasteiger charge is -2.37. The molecule has 1 aliphatic heterocycles. The fourth-order valence-corrected chi connectivity index (χ4v) is 5.75. The first-order valence-corrected chi connectivity index (χ1v) is 14.4. The quantitative estimate of drug-likeness (QED) is 0.181. The minimum Gasteiger partial charge on any atom is -0.497 e. The molecular weight excluding hydrogens is 562 g/mol. The minimum atomic E-state index is -0.724. The van der Waals surface area contributed by atoms with E-state index in [0.29, 0.717) is 40.3 Å². The smallest absolute Gasteiger partial charge is 0.336 e. The van der Waals surface area contributed by atoms with Crippen molar-refractivity contribution in [1.82, 2.24) is 5.32 Å². The summed E-state index contributed by atoms with van der Waals surface area (Å²) < 4.78 is 27.5. The van der Waals surface area contributed by atoms with Crippen LogP contribution in [0.25, 0.3) is 0 Å². The van der Waals surface area contributed by atoms with Crippen molar-refractivity contribution in [3.05, 3.63) is 106 Å². The van der Waals surface area contributed by atoms with Gasteiger partial charge in [0.05, 0.1) is 19.8 Å². The highest BCUT2D eigenvalue weighted by Gasteiger charge is 2.41. The molecule has 1 N–H and O–H groups in total. The Hall–Kier alpha value is -5.05. The number of nitrogens with one attached hydrogen (secondary N) is 1. The highest BCUT2D eigenvalue weighted by atomic mass is 16.6. The lowest BCUT2D eigenvalue weighted by molar-refractivity contribution is -0.140. The first-order valence-electron chi connectivity index (χ1n) is 14.4. The van der Waals surface area contributed by atoms with E-state index < -0.39 is 17.9 Å². The highest BCUT2D eigenvalue weighted by molar-refractivity contribution is 6.04. The summed E-state index contributed by atoms with van der Waals surface area (Å²) in [5, 5.41) is 3.37. The Bertz CT molecular complexity index is 1610. The molecule has 0 saturated carbocycles. The maximum absolute atomic E-state index is 14.0. The van der Waals surface area contributed by atoms with Crippen LogP contribution in [-0.2, 0) is 19.1 Å². The van der Waals surface area contributed by atoms with E-state index in [4.69, 9.17) is 23.7 Å². The molecule has 0 aromatic heterocycles. The molecule has 1 heterocycles. The molecule has 0 fully saturated rings. The Labute approximate surface area is 256 Å². The van der Waals surface area contributed by atoms with Crippen molar-refractivity contribution in [2.45, 2.75) is 38.5 Å². The molecule has 9 nitrogen and oxygen atoms in total. The Morgan fingerprint density at radius 3 is 2.25 bits per heavy atom. The molecule has 9 heteroatoms. The molecule has 0 unspecified atom stereocenters. The Balaban J connectivity index is 1.47. The number of Topliss-reactive ketones (excluding diaryl/α,β-unsaturated/α-hetero) is 1. The molecule has 0 saturated heterocycles. The third-order valence-corrected chi connectivity index (χ3v) is 7.74. The van der Waals surface area contributed by atoms with Gasteiger partial charge < -0.3 is 29.0 Å². The molecule has 3 aromatic rings. The zero-order valence-corrected chi connectivity index (χ0v) is 25.2. The average molecular weight is 598 g/mol. The van der Waals surface area contributed by atoms with Gasteiger partial charge in [-0.3, -0.25) is 9.59 Å². The number of rotatable bonds is 10. The molecule has 3 aromatic carbocycles. The number of carbonyl (C=O) groups is 3. The summed E-state index contributed by atoms with van der Waals surface area (Å²) in [6, 6.07) is 22.0. The van der Waals surface area contributed by atoms with E-state index in [2.05, 4.69) is 5.32 Å². The molecule has 1 aliphatic carbocycles. The number of esters is 2. The second-order valence-corrected chi connectivity index (χ2v) is 10.6. The third-order valence-electron chi connectivity index (χ3n) is 7.74. The van der Waals surface area contributed by atoms with Gasteiger partial charge in [0.2, 0.25) is 0 Å². The van der Waals surface area contributed by atoms with E-state index in [1.807, 2.05) is 54.6 Å². The number of benzene rings is 3. The Morgan fingerprint density at radius 1 is 0.841 bits per heavy atom. The number of hydrogen-bond acceptors (Lipinski definition) is 9. The lowest BCUT2D eigenvalue weighted by atomic mass is 9.71. The van der Waals surface area contributed by atoms with E-state index in [1.54, 1.807) is 32.2 Å². The zero-order chi connectivity index (χ0) is 31.2. The second-order valence-electron chi connectivity index (χ2n) is 10.6. The largest absolute Gasteiger partial charge is 0.497 e. The fraction of sp³-hybridized carbons (Fsp3) is 0.286. The maximum Gasteiger partial charge on any atom is 0.336 e. The van der Waals surface area contributed by atoms with Gasteiger partial charge in [-0.15, -0.1) is 0 Å². The topological polar surface area (TPSA) is 109 Å². The summed E-state index contributed by atoms with van der Waals surface area (Å²) in [7, 11) is 3.08. The van der Waals surface area contributed by atoms with Gasteiger partial charge in [0.15, 0.2) is 17.3 Å². The zero-order valence-electron chi connectivity index (χ0n) is 25.2. The maximum atomic E-state index is 14.0. The summed E-state index contributed by atoms with van der Waals surface area (Å²) in [6.07, 6.45) is 0.857. The van der Waals surface area contributed by atoms with Gasteiger partial charge in [-0.25, -0.2) is 4.79 Å². The standard InChI is InChI=1S/C35H35NO8/c1-21-32(35(39)43-17-16-42-27-8-6-5-7-9-27)33(24-12-15-30(44-22(2)37)31(20-24)41-4)34-28(36-21)18-25(19-29(34)38)23-10-13-26(40-3)14-11-23/h5-15,20,25,33,36H,16-19H2,1-4H3/t25-,33+/m0/s1. The number of dihydropyridines is 1. The van der Waals surface area contributed by atoms with Crippen molar-refractivity contribution in [3.8, 4) is 23.0 Å². The van der Waals surface area contributed by atoms with Crippen molar-refractivity contribution in [2.75, 3.05) is 27.4 Å². The Morgan fingerprint density at radius 2 is 1.57 bits per heavy atom. The van der Waals surface area contributed by atoms with E-state index in [-0.39, 0.29) is 37.1 Å². The number of carbonyl (C=O) groups excluding carboxylic acids is 3. The monoisotopic (exact) mass is 597 g/mol. The summed E-state index contributed by atoms with van der Waals surface area (Å²) in [5.41, 5.74) is 3.85. The normalized spacial score (nSPS) is 17.8. The van der Waals surface area contributed by atoms with Crippen LogP contribution in [-0.4, -0.2) is 45.2 Å². The molecule has 0 radical (unpaired) electrons. The van der Waals surface area contributed by atoms with Crippen molar-refractivity contribution < 1.29 is 38.1 Å². The number of methoxy groups -OCH3 is 2. The highest BCUT2D eigenvalue weighted by Crippen LogP contribution is 2.47. The average Bonchev–Trinajstić information content (AvgIpc) is 3.02. The third kappa shape index (κ3) is 6.62. The van der Waals surface area contributed by atoms with Crippen LogP contribution in [0.5, 0.6) is 23.0 Å². The summed E-state index contributed by atoms with van der Waals surface area (Å²) >= 11 is 0.